The summed E-state index contributed by atoms with van der Waals surface area (Å²) in [6, 6.07) is 11.8. The number of hydrogen-bond acceptors (Lipinski definition) is 4. The first-order valence-corrected chi connectivity index (χ1v) is 8.98. The Balaban J connectivity index is 1.69. The van der Waals surface area contributed by atoms with E-state index in [0.29, 0.717) is 11.3 Å². The molecule has 29 heavy (non-hydrogen) atoms. The van der Waals surface area contributed by atoms with Crippen LogP contribution in [0.1, 0.15) is 29.9 Å². The first-order chi connectivity index (χ1) is 13.9. The number of para-hydroxylation sites is 1. The topological polar surface area (TPSA) is 60.7 Å². The summed E-state index contributed by atoms with van der Waals surface area (Å²) in [4.78, 5) is 12.3. The predicted octanol–water partition coefficient (Wildman–Crippen LogP) is 5.24. The summed E-state index contributed by atoms with van der Waals surface area (Å²) >= 11 is 0. The summed E-state index contributed by atoms with van der Waals surface area (Å²) < 4.78 is 40.1. The number of furan rings is 1. The van der Waals surface area contributed by atoms with Gasteiger partial charge >= 0.3 is 6.61 Å². The van der Waals surface area contributed by atoms with Crippen LogP contribution in [0.2, 0.25) is 0 Å². The number of carbonyl (C=O) groups is 1. The van der Waals surface area contributed by atoms with Crippen molar-refractivity contribution in [2.45, 2.75) is 26.5 Å². The maximum atomic E-state index is 12.4. The third-order valence-electron chi connectivity index (χ3n) is 4.46. The zero-order valence-electron chi connectivity index (χ0n) is 16.2. The van der Waals surface area contributed by atoms with Gasteiger partial charge in [0.05, 0.1) is 13.2 Å². The Morgan fingerprint density at radius 1 is 1.17 bits per heavy atom. The molecule has 0 saturated heterocycles. The van der Waals surface area contributed by atoms with Gasteiger partial charge in [-0.2, -0.15) is 8.78 Å². The highest BCUT2D eigenvalue weighted by molar-refractivity contribution is 5.92. The summed E-state index contributed by atoms with van der Waals surface area (Å²) in [7, 11) is 1.35. The normalized spacial score (nSPS) is 12.5. The average Bonchev–Trinajstić information content (AvgIpc) is 3.04. The molecule has 0 fully saturated rings. The van der Waals surface area contributed by atoms with Crippen LogP contribution in [0.25, 0.3) is 17.0 Å². The fourth-order valence-corrected chi connectivity index (χ4v) is 3.09. The fourth-order valence-electron chi connectivity index (χ4n) is 3.09. The van der Waals surface area contributed by atoms with Crippen molar-refractivity contribution in [1.82, 2.24) is 5.32 Å². The maximum absolute atomic E-state index is 12.4. The number of benzene rings is 2. The van der Waals surface area contributed by atoms with E-state index in [1.165, 1.54) is 25.3 Å². The Morgan fingerprint density at radius 2 is 1.93 bits per heavy atom. The molecule has 0 radical (unpaired) electrons. The zero-order valence-corrected chi connectivity index (χ0v) is 16.2. The molecule has 1 N–H and O–H groups in total. The lowest BCUT2D eigenvalue weighted by atomic mass is 10.1. The first kappa shape index (κ1) is 20.4. The van der Waals surface area contributed by atoms with Crippen LogP contribution in [0.4, 0.5) is 8.78 Å². The van der Waals surface area contributed by atoms with Gasteiger partial charge in [0.1, 0.15) is 11.3 Å². The van der Waals surface area contributed by atoms with E-state index in [2.05, 4.69) is 10.1 Å². The SMILES string of the molecule is COc1cc(/C=C/C(=O)NC(C)c2oc3ccccc3c2C)ccc1OC(F)F. The summed E-state index contributed by atoms with van der Waals surface area (Å²) in [5, 5.41) is 3.87. The van der Waals surface area contributed by atoms with Crippen molar-refractivity contribution in [3.05, 3.63) is 65.4 Å². The van der Waals surface area contributed by atoms with Crippen molar-refractivity contribution in [1.29, 1.82) is 0 Å². The third kappa shape index (κ3) is 4.74. The minimum Gasteiger partial charge on any atom is -0.493 e. The van der Waals surface area contributed by atoms with Gasteiger partial charge in [0.25, 0.3) is 0 Å². The minimum absolute atomic E-state index is 0.0712. The number of amides is 1. The Bertz CT molecular complexity index is 1040. The van der Waals surface area contributed by atoms with Crippen molar-refractivity contribution in [2.75, 3.05) is 7.11 Å². The third-order valence-corrected chi connectivity index (χ3v) is 4.46. The largest absolute Gasteiger partial charge is 0.493 e. The van der Waals surface area contributed by atoms with Gasteiger partial charge in [0.2, 0.25) is 5.91 Å². The molecular formula is C22H21F2NO4. The molecule has 0 spiro atoms. The second-order valence-electron chi connectivity index (χ2n) is 6.44. The van der Waals surface area contributed by atoms with E-state index in [9.17, 15) is 13.6 Å². The van der Waals surface area contributed by atoms with Gasteiger partial charge in [-0.25, -0.2) is 0 Å². The van der Waals surface area contributed by atoms with E-state index in [-0.39, 0.29) is 23.4 Å². The van der Waals surface area contributed by atoms with Crippen molar-refractivity contribution in [2.24, 2.45) is 0 Å². The van der Waals surface area contributed by atoms with Crippen LogP contribution in [0, 0.1) is 6.92 Å². The van der Waals surface area contributed by atoms with Crippen molar-refractivity contribution in [3.8, 4) is 11.5 Å². The van der Waals surface area contributed by atoms with Gasteiger partial charge < -0.3 is 19.2 Å². The van der Waals surface area contributed by atoms with Crippen molar-refractivity contribution < 1.29 is 27.5 Å². The molecular weight excluding hydrogens is 380 g/mol. The number of hydrogen-bond donors (Lipinski definition) is 1. The van der Waals surface area contributed by atoms with Crippen LogP contribution in [-0.4, -0.2) is 19.6 Å². The van der Waals surface area contributed by atoms with E-state index in [0.717, 1.165) is 16.5 Å². The Hall–Kier alpha value is -3.35. The summed E-state index contributed by atoms with van der Waals surface area (Å²) in [6.07, 6.45) is 2.92. The number of halogens is 2. The van der Waals surface area contributed by atoms with Crippen LogP contribution in [0.5, 0.6) is 11.5 Å². The Labute approximate surface area is 166 Å². The van der Waals surface area contributed by atoms with Crippen molar-refractivity contribution >= 4 is 23.0 Å². The Morgan fingerprint density at radius 3 is 2.62 bits per heavy atom. The standard InChI is InChI=1S/C22H21F2NO4/c1-13-16-6-4-5-7-17(16)28-21(13)14(2)25-20(26)11-9-15-8-10-18(29-22(23)24)19(12-15)27-3/h4-12,14,22H,1-3H3,(H,25,26)/b11-9+. The van der Waals surface area contributed by atoms with Crippen molar-refractivity contribution in [3.63, 3.8) is 0 Å². The number of methoxy groups -OCH3 is 1. The summed E-state index contributed by atoms with van der Waals surface area (Å²) in [6.45, 7) is 0.851. The average molecular weight is 401 g/mol. The van der Waals surface area contributed by atoms with Gasteiger partial charge in [0.15, 0.2) is 11.5 Å². The molecule has 0 saturated carbocycles. The van der Waals surface area contributed by atoms with Crippen LogP contribution in [0.3, 0.4) is 0 Å². The van der Waals surface area contributed by atoms with E-state index in [1.807, 2.05) is 38.1 Å². The number of fused-ring (bicyclic) bond motifs is 1. The molecule has 1 amide bonds. The molecule has 3 rings (SSSR count). The summed E-state index contributed by atoms with van der Waals surface area (Å²) in [5.74, 6) is 0.463. The maximum Gasteiger partial charge on any atom is 0.387 e. The number of aryl methyl sites for hydroxylation is 1. The smallest absolute Gasteiger partial charge is 0.387 e. The van der Waals surface area contributed by atoms with E-state index < -0.39 is 6.61 Å². The summed E-state index contributed by atoms with van der Waals surface area (Å²) in [5.41, 5.74) is 2.36. The van der Waals surface area contributed by atoms with Gasteiger partial charge in [-0.05, 0) is 43.7 Å². The minimum atomic E-state index is -2.95. The molecule has 0 bridgehead atoms. The number of alkyl halides is 2. The van der Waals surface area contributed by atoms with Crippen LogP contribution >= 0.6 is 0 Å². The van der Waals surface area contributed by atoms with Gasteiger partial charge in [-0.15, -0.1) is 0 Å². The second-order valence-corrected chi connectivity index (χ2v) is 6.44. The van der Waals surface area contributed by atoms with E-state index in [1.54, 1.807) is 12.1 Å². The Kier molecular flexibility index (Phi) is 6.16. The highest BCUT2D eigenvalue weighted by Gasteiger charge is 2.17. The molecule has 1 unspecified atom stereocenters. The molecule has 1 atom stereocenters. The second kappa shape index (κ2) is 8.77. The predicted molar refractivity (Wildman–Crippen MR) is 106 cm³/mol. The number of ether oxygens (including phenoxy) is 2. The lowest BCUT2D eigenvalue weighted by molar-refractivity contribution is -0.117. The van der Waals surface area contributed by atoms with Crippen LogP contribution in [0.15, 0.2) is 53.0 Å². The van der Waals surface area contributed by atoms with E-state index >= 15 is 0 Å². The molecule has 0 aliphatic carbocycles. The molecule has 0 aliphatic rings. The molecule has 1 aromatic heterocycles. The number of rotatable bonds is 7. The molecule has 5 nitrogen and oxygen atoms in total. The zero-order chi connectivity index (χ0) is 21.0. The molecule has 152 valence electrons. The molecule has 2 aromatic carbocycles. The molecule has 0 aliphatic heterocycles. The van der Waals surface area contributed by atoms with Crippen LogP contribution in [-0.2, 0) is 4.79 Å². The fraction of sp³-hybridized carbons (Fsp3) is 0.227. The molecule has 1 heterocycles. The molecule has 3 aromatic rings. The highest BCUT2D eigenvalue weighted by atomic mass is 19.3. The van der Waals surface area contributed by atoms with Gasteiger partial charge in [0, 0.05) is 17.0 Å². The first-order valence-electron chi connectivity index (χ1n) is 8.98. The van der Waals surface area contributed by atoms with Gasteiger partial charge in [-0.3, -0.25) is 4.79 Å². The van der Waals surface area contributed by atoms with Crippen LogP contribution < -0.4 is 14.8 Å². The number of nitrogens with one attached hydrogen (secondary N) is 1. The quantitative estimate of drug-likeness (QED) is 0.550. The molecule has 7 heteroatoms. The van der Waals surface area contributed by atoms with E-state index in [4.69, 9.17) is 9.15 Å². The lowest BCUT2D eigenvalue weighted by Crippen LogP contribution is -2.24. The highest BCUT2D eigenvalue weighted by Crippen LogP contribution is 2.30. The lowest BCUT2D eigenvalue weighted by Gasteiger charge is -2.11. The number of carbonyl (C=O) groups excluding carboxylic acids is 1. The monoisotopic (exact) mass is 401 g/mol. The van der Waals surface area contributed by atoms with Gasteiger partial charge in [-0.1, -0.05) is 24.3 Å².